The van der Waals surface area contributed by atoms with Gasteiger partial charge in [-0.15, -0.1) is 0 Å². The van der Waals surface area contributed by atoms with Crippen LogP contribution in [-0.4, -0.2) is 4.98 Å². The Morgan fingerprint density at radius 2 is 1.75 bits per heavy atom. The molecule has 0 aliphatic heterocycles. The van der Waals surface area contributed by atoms with Crippen molar-refractivity contribution in [3.8, 4) is 0 Å². The van der Waals surface area contributed by atoms with E-state index >= 15 is 0 Å². The summed E-state index contributed by atoms with van der Waals surface area (Å²) in [5, 5.41) is 1.97. The van der Waals surface area contributed by atoms with Crippen LogP contribution in [0.3, 0.4) is 0 Å². The van der Waals surface area contributed by atoms with E-state index < -0.39 is 0 Å². The SMILES string of the molecule is CCc1nc2c(C)ccc(C)c2c(Cl)c1C. The maximum Gasteiger partial charge on any atom is 0.0752 e. The Hall–Kier alpha value is -1.08. The minimum absolute atomic E-state index is 0.864. The van der Waals surface area contributed by atoms with Gasteiger partial charge in [0.25, 0.3) is 0 Å². The van der Waals surface area contributed by atoms with Gasteiger partial charge >= 0.3 is 0 Å². The van der Waals surface area contributed by atoms with Crippen molar-refractivity contribution in [3.63, 3.8) is 0 Å². The predicted octanol–water partition coefficient (Wildman–Crippen LogP) is 4.38. The topological polar surface area (TPSA) is 12.9 Å². The third kappa shape index (κ3) is 1.60. The van der Waals surface area contributed by atoms with Crippen molar-refractivity contribution in [2.45, 2.75) is 34.1 Å². The van der Waals surface area contributed by atoms with E-state index in [1.54, 1.807) is 0 Å². The summed E-state index contributed by atoms with van der Waals surface area (Å²) in [7, 11) is 0. The first-order valence-corrected chi connectivity index (χ1v) is 5.99. The molecule has 16 heavy (non-hydrogen) atoms. The molecule has 0 aliphatic rings. The van der Waals surface area contributed by atoms with Crippen LogP contribution in [0.4, 0.5) is 0 Å². The van der Waals surface area contributed by atoms with Crippen LogP contribution in [0.1, 0.15) is 29.3 Å². The van der Waals surface area contributed by atoms with E-state index in [1.807, 2.05) is 0 Å². The van der Waals surface area contributed by atoms with Gasteiger partial charge in [0.05, 0.1) is 10.5 Å². The van der Waals surface area contributed by atoms with E-state index in [-0.39, 0.29) is 0 Å². The van der Waals surface area contributed by atoms with Crippen molar-refractivity contribution >= 4 is 22.5 Å². The van der Waals surface area contributed by atoms with Crippen LogP contribution in [0.15, 0.2) is 12.1 Å². The Labute approximate surface area is 101 Å². The van der Waals surface area contributed by atoms with Crippen LogP contribution in [0, 0.1) is 20.8 Å². The molecule has 2 heteroatoms. The van der Waals surface area contributed by atoms with Gasteiger partial charge in [0.2, 0.25) is 0 Å². The summed E-state index contributed by atoms with van der Waals surface area (Å²) < 4.78 is 0. The molecule has 0 bridgehead atoms. The Morgan fingerprint density at radius 1 is 1.12 bits per heavy atom. The molecule has 0 atom stereocenters. The quantitative estimate of drug-likeness (QED) is 0.713. The van der Waals surface area contributed by atoms with Crippen LogP contribution in [0.25, 0.3) is 10.9 Å². The summed E-state index contributed by atoms with van der Waals surface area (Å²) in [5.74, 6) is 0. The lowest BCUT2D eigenvalue weighted by Crippen LogP contribution is -1.97. The number of aromatic nitrogens is 1. The lowest BCUT2D eigenvalue weighted by Gasteiger charge is -2.12. The normalized spacial score (nSPS) is 11.1. The summed E-state index contributed by atoms with van der Waals surface area (Å²) in [6.07, 6.45) is 0.925. The highest BCUT2D eigenvalue weighted by Crippen LogP contribution is 2.31. The molecular formula is C14H16ClN. The largest absolute Gasteiger partial charge is 0.252 e. The molecule has 84 valence electrons. The third-order valence-electron chi connectivity index (χ3n) is 3.15. The minimum atomic E-state index is 0.864. The van der Waals surface area contributed by atoms with Crippen LogP contribution in [0.5, 0.6) is 0 Å². The lowest BCUT2D eigenvalue weighted by molar-refractivity contribution is 1.03. The van der Waals surface area contributed by atoms with E-state index in [2.05, 4.69) is 39.8 Å². The maximum atomic E-state index is 6.45. The number of hydrogen-bond donors (Lipinski definition) is 0. The van der Waals surface area contributed by atoms with Crippen molar-refractivity contribution in [2.75, 3.05) is 0 Å². The van der Waals surface area contributed by atoms with Gasteiger partial charge in [0.1, 0.15) is 0 Å². The predicted molar refractivity (Wildman–Crippen MR) is 70.3 cm³/mol. The number of benzene rings is 1. The zero-order valence-corrected chi connectivity index (χ0v) is 10.9. The number of rotatable bonds is 1. The highest BCUT2D eigenvalue weighted by atomic mass is 35.5. The Kier molecular flexibility index (Phi) is 2.90. The summed E-state index contributed by atoms with van der Waals surface area (Å²) >= 11 is 6.45. The van der Waals surface area contributed by atoms with Gasteiger partial charge in [-0.1, -0.05) is 30.7 Å². The first-order chi connectivity index (χ1) is 7.56. The van der Waals surface area contributed by atoms with Crippen LogP contribution >= 0.6 is 11.6 Å². The zero-order valence-electron chi connectivity index (χ0n) is 10.2. The molecule has 1 heterocycles. The number of hydrogen-bond acceptors (Lipinski definition) is 1. The molecule has 1 nitrogen and oxygen atoms in total. The Bertz CT molecular complexity index is 558. The minimum Gasteiger partial charge on any atom is -0.252 e. The second-order valence-corrected chi connectivity index (χ2v) is 4.65. The molecule has 1 aromatic carbocycles. The third-order valence-corrected chi connectivity index (χ3v) is 3.62. The standard InChI is InChI=1S/C14H16ClN/c1-5-11-10(4)13(15)12-8(2)6-7-9(3)14(12)16-11/h6-7H,5H2,1-4H3. The number of halogens is 1. The van der Waals surface area contributed by atoms with Crippen molar-refractivity contribution < 1.29 is 0 Å². The number of nitrogens with zero attached hydrogens (tertiary/aromatic N) is 1. The molecule has 2 rings (SSSR count). The van der Waals surface area contributed by atoms with Gasteiger partial charge in [-0.25, -0.2) is 0 Å². The van der Waals surface area contributed by atoms with E-state index in [4.69, 9.17) is 16.6 Å². The first kappa shape index (κ1) is 11.4. The zero-order chi connectivity index (χ0) is 11.9. The van der Waals surface area contributed by atoms with Crippen LogP contribution < -0.4 is 0 Å². The van der Waals surface area contributed by atoms with Gasteiger partial charge in [-0.2, -0.15) is 0 Å². The molecular weight excluding hydrogens is 218 g/mol. The molecule has 0 saturated heterocycles. The molecule has 0 fully saturated rings. The Balaban J connectivity index is 2.97. The second kappa shape index (κ2) is 4.06. The molecule has 0 N–H and O–H groups in total. The first-order valence-electron chi connectivity index (χ1n) is 5.61. The average molecular weight is 234 g/mol. The number of pyridine rings is 1. The number of fused-ring (bicyclic) bond motifs is 1. The molecule has 0 spiro atoms. The molecule has 0 saturated carbocycles. The maximum absolute atomic E-state index is 6.45. The molecule has 0 aliphatic carbocycles. The van der Waals surface area contributed by atoms with E-state index in [0.29, 0.717) is 0 Å². The summed E-state index contributed by atoms with van der Waals surface area (Å²) in [6, 6.07) is 4.21. The van der Waals surface area contributed by atoms with Crippen molar-refractivity contribution in [2.24, 2.45) is 0 Å². The monoisotopic (exact) mass is 233 g/mol. The summed E-state index contributed by atoms with van der Waals surface area (Å²) in [6.45, 7) is 8.33. The lowest BCUT2D eigenvalue weighted by atomic mass is 10.0. The van der Waals surface area contributed by atoms with E-state index in [0.717, 1.165) is 33.6 Å². The highest BCUT2D eigenvalue weighted by Gasteiger charge is 2.12. The molecule has 0 radical (unpaired) electrons. The fraction of sp³-hybridized carbons (Fsp3) is 0.357. The number of aryl methyl sites for hydroxylation is 3. The Morgan fingerprint density at radius 3 is 2.38 bits per heavy atom. The smallest absolute Gasteiger partial charge is 0.0752 e. The van der Waals surface area contributed by atoms with Gasteiger partial charge in [0, 0.05) is 11.1 Å². The van der Waals surface area contributed by atoms with Gasteiger partial charge < -0.3 is 0 Å². The molecule has 0 unspecified atom stereocenters. The molecule has 0 amide bonds. The van der Waals surface area contributed by atoms with Gasteiger partial charge in [-0.3, -0.25) is 4.98 Å². The van der Waals surface area contributed by atoms with E-state index in [9.17, 15) is 0 Å². The highest BCUT2D eigenvalue weighted by molar-refractivity contribution is 6.36. The fourth-order valence-corrected chi connectivity index (χ4v) is 2.44. The summed E-state index contributed by atoms with van der Waals surface area (Å²) in [4.78, 5) is 4.73. The van der Waals surface area contributed by atoms with E-state index in [1.165, 1.54) is 11.1 Å². The summed E-state index contributed by atoms with van der Waals surface area (Å²) in [5.41, 5.74) is 5.66. The molecule has 2 aromatic rings. The van der Waals surface area contributed by atoms with Crippen LogP contribution in [-0.2, 0) is 6.42 Å². The second-order valence-electron chi connectivity index (χ2n) is 4.27. The van der Waals surface area contributed by atoms with Crippen molar-refractivity contribution in [1.29, 1.82) is 0 Å². The average Bonchev–Trinajstić information content (AvgIpc) is 2.27. The van der Waals surface area contributed by atoms with Gasteiger partial charge in [0.15, 0.2) is 0 Å². The fourth-order valence-electron chi connectivity index (χ4n) is 2.09. The van der Waals surface area contributed by atoms with Crippen LogP contribution in [0.2, 0.25) is 5.02 Å². The van der Waals surface area contributed by atoms with Gasteiger partial charge in [-0.05, 0) is 43.9 Å². The van der Waals surface area contributed by atoms with Crippen molar-refractivity contribution in [3.05, 3.63) is 39.5 Å². The molecule has 1 aromatic heterocycles. The van der Waals surface area contributed by atoms with Crippen molar-refractivity contribution in [1.82, 2.24) is 4.98 Å².